The first-order chi connectivity index (χ1) is 7.86. The lowest BCUT2D eigenvalue weighted by molar-refractivity contribution is 0.283. The number of hydrogen-bond donors (Lipinski definition) is 1. The van der Waals surface area contributed by atoms with Gasteiger partial charge in [-0.3, -0.25) is 0 Å². The van der Waals surface area contributed by atoms with Gasteiger partial charge in [0.2, 0.25) is 0 Å². The maximum absolute atomic E-state index is 14.3. The van der Waals surface area contributed by atoms with E-state index >= 15 is 0 Å². The summed E-state index contributed by atoms with van der Waals surface area (Å²) in [6, 6.07) is 4.00. The van der Waals surface area contributed by atoms with Crippen LogP contribution in [-0.2, 0) is 6.42 Å². The first-order valence-corrected chi connectivity index (χ1v) is 6.04. The Bertz CT molecular complexity index is 399. The van der Waals surface area contributed by atoms with Crippen LogP contribution in [0.4, 0.5) is 4.39 Å². The minimum atomic E-state index is -0.0448. The highest BCUT2D eigenvalue weighted by Gasteiger charge is 2.24. The molecule has 2 nitrogen and oxygen atoms in total. The molecule has 0 spiro atoms. The van der Waals surface area contributed by atoms with Crippen LogP contribution in [0.3, 0.4) is 0 Å². The first-order valence-electron chi connectivity index (χ1n) is 6.04. The average Bonchev–Trinajstić information content (AvgIpc) is 2.83. The fourth-order valence-corrected chi connectivity index (χ4v) is 2.64. The molecule has 16 heavy (non-hydrogen) atoms. The van der Waals surface area contributed by atoms with Gasteiger partial charge in [0.15, 0.2) is 0 Å². The average molecular weight is 221 g/mol. The normalized spacial score (nSPS) is 23.9. The molecule has 86 valence electrons. The minimum Gasteiger partial charge on any atom is -0.493 e. The molecule has 1 aromatic rings. The Balaban J connectivity index is 1.99. The summed E-state index contributed by atoms with van der Waals surface area (Å²) in [5.41, 5.74) is 1.60. The summed E-state index contributed by atoms with van der Waals surface area (Å²) in [6.45, 7) is 1.71. The maximum Gasteiger partial charge on any atom is 0.134 e. The van der Waals surface area contributed by atoms with Crippen LogP contribution in [0, 0.1) is 5.82 Å². The van der Waals surface area contributed by atoms with Crippen LogP contribution in [0.25, 0.3) is 0 Å². The van der Waals surface area contributed by atoms with Crippen molar-refractivity contribution in [1.82, 2.24) is 5.32 Å². The van der Waals surface area contributed by atoms with Crippen molar-refractivity contribution in [2.75, 3.05) is 13.2 Å². The number of ether oxygens (including phenoxy) is 1. The van der Waals surface area contributed by atoms with E-state index in [0.29, 0.717) is 6.61 Å². The van der Waals surface area contributed by atoms with Gasteiger partial charge in [-0.2, -0.15) is 0 Å². The lowest BCUT2D eigenvalue weighted by Crippen LogP contribution is -2.17. The third-order valence-electron chi connectivity index (χ3n) is 3.49. The third-order valence-corrected chi connectivity index (χ3v) is 3.49. The quantitative estimate of drug-likeness (QED) is 0.787. The Morgan fingerprint density at radius 3 is 3.06 bits per heavy atom. The lowest BCUT2D eigenvalue weighted by atomic mass is 9.97. The van der Waals surface area contributed by atoms with Crippen molar-refractivity contribution in [2.45, 2.75) is 31.7 Å². The van der Waals surface area contributed by atoms with E-state index < -0.39 is 0 Å². The standard InChI is InChI=1S/C13H16FNO/c14-13-9(11-4-1-7-15-11)5-6-12-10(13)3-2-8-16-12/h5-6,11,15H,1-4,7-8H2/t11-/m0/s1. The van der Waals surface area contributed by atoms with Gasteiger partial charge in [-0.25, -0.2) is 4.39 Å². The molecule has 0 amide bonds. The first kappa shape index (κ1) is 10.1. The molecule has 1 aromatic carbocycles. The molecule has 3 heteroatoms. The van der Waals surface area contributed by atoms with Crippen LogP contribution in [0.1, 0.15) is 36.4 Å². The van der Waals surface area contributed by atoms with E-state index in [2.05, 4.69) is 5.32 Å². The summed E-state index contributed by atoms with van der Waals surface area (Å²) >= 11 is 0. The molecule has 1 atom stereocenters. The largest absolute Gasteiger partial charge is 0.493 e. The van der Waals surface area contributed by atoms with Crippen LogP contribution in [0.5, 0.6) is 5.75 Å². The number of hydrogen-bond acceptors (Lipinski definition) is 2. The van der Waals surface area contributed by atoms with E-state index in [-0.39, 0.29) is 11.9 Å². The van der Waals surface area contributed by atoms with Gasteiger partial charge < -0.3 is 10.1 Å². The van der Waals surface area contributed by atoms with Crippen molar-refractivity contribution in [3.8, 4) is 5.75 Å². The number of benzene rings is 1. The zero-order valence-electron chi connectivity index (χ0n) is 9.26. The van der Waals surface area contributed by atoms with Gasteiger partial charge in [0.1, 0.15) is 11.6 Å². The van der Waals surface area contributed by atoms with Crippen LogP contribution in [0.2, 0.25) is 0 Å². The van der Waals surface area contributed by atoms with Crippen LogP contribution in [-0.4, -0.2) is 13.2 Å². The molecule has 0 bridgehead atoms. The molecular weight excluding hydrogens is 205 g/mol. The molecule has 0 saturated carbocycles. The number of halogens is 1. The Labute approximate surface area is 94.8 Å². The summed E-state index contributed by atoms with van der Waals surface area (Å²) < 4.78 is 19.7. The van der Waals surface area contributed by atoms with Crippen molar-refractivity contribution in [1.29, 1.82) is 0 Å². The molecule has 0 aromatic heterocycles. The van der Waals surface area contributed by atoms with Gasteiger partial charge in [-0.1, -0.05) is 6.07 Å². The van der Waals surface area contributed by atoms with Gasteiger partial charge in [-0.05, 0) is 38.3 Å². The molecule has 2 aliphatic rings. The minimum absolute atomic E-state index is 0.0448. The van der Waals surface area contributed by atoms with E-state index in [1.165, 1.54) is 0 Å². The predicted octanol–water partition coefficient (Wildman–Crippen LogP) is 2.58. The Kier molecular flexibility index (Phi) is 2.56. The molecule has 0 unspecified atom stereocenters. The van der Waals surface area contributed by atoms with Gasteiger partial charge >= 0.3 is 0 Å². The summed E-state index contributed by atoms with van der Waals surface area (Å²) in [5, 5.41) is 3.34. The van der Waals surface area contributed by atoms with Gasteiger partial charge in [0.05, 0.1) is 6.61 Å². The number of fused-ring (bicyclic) bond motifs is 1. The van der Waals surface area contributed by atoms with Crippen LogP contribution < -0.4 is 10.1 Å². The molecule has 2 aliphatic heterocycles. The fourth-order valence-electron chi connectivity index (χ4n) is 2.64. The summed E-state index contributed by atoms with van der Waals surface area (Å²) in [6.07, 6.45) is 3.90. The molecule has 0 radical (unpaired) electrons. The SMILES string of the molecule is Fc1c([C@@H]2CCCN2)ccc2c1CCCO2. The number of rotatable bonds is 1. The van der Waals surface area contributed by atoms with Crippen molar-refractivity contribution >= 4 is 0 Å². The van der Waals surface area contributed by atoms with Crippen molar-refractivity contribution in [2.24, 2.45) is 0 Å². The highest BCUT2D eigenvalue weighted by atomic mass is 19.1. The second-order valence-electron chi connectivity index (χ2n) is 4.55. The monoisotopic (exact) mass is 221 g/mol. The summed E-state index contributed by atoms with van der Waals surface area (Å²) in [5.74, 6) is 0.696. The van der Waals surface area contributed by atoms with E-state index in [1.807, 2.05) is 12.1 Å². The van der Waals surface area contributed by atoms with E-state index in [9.17, 15) is 4.39 Å². The molecule has 1 N–H and O–H groups in total. The van der Waals surface area contributed by atoms with Gasteiger partial charge in [0, 0.05) is 17.2 Å². The second kappa shape index (κ2) is 4.06. The molecular formula is C13H16FNO. The number of nitrogens with one attached hydrogen (secondary N) is 1. The molecule has 2 heterocycles. The van der Waals surface area contributed by atoms with Gasteiger partial charge in [-0.15, -0.1) is 0 Å². The third kappa shape index (κ3) is 1.59. The summed E-state index contributed by atoms with van der Waals surface area (Å²) in [7, 11) is 0. The molecule has 1 saturated heterocycles. The van der Waals surface area contributed by atoms with Crippen molar-refractivity contribution in [3.05, 3.63) is 29.1 Å². The zero-order chi connectivity index (χ0) is 11.0. The Hall–Kier alpha value is -1.09. The molecule has 3 rings (SSSR count). The topological polar surface area (TPSA) is 21.3 Å². The van der Waals surface area contributed by atoms with E-state index in [4.69, 9.17) is 4.74 Å². The molecule has 0 aliphatic carbocycles. The fraction of sp³-hybridized carbons (Fsp3) is 0.538. The predicted molar refractivity (Wildman–Crippen MR) is 60.2 cm³/mol. The van der Waals surface area contributed by atoms with E-state index in [0.717, 1.165) is 49.1 Å². The van der Waals surface area contributed by atoms with Crippen LogP contribution >= 0.6 is 0 Å². The summed E-state index contributed by atoms with van der Waals surface area (Å²) in [4.78, 5) is 0. The van der Waals surface area contributed by atoms with Crippen molar-refractivity contribution < 1.29 is 9.13 Å². The molecule has 1 fully saturated rings. The lowest BCUT2D eigenvalue weighted by Gasteiger charge is -2.21. The maximum atomic E-state index is 14.3. The smallest absolute Gasteiger partial charge is 0.134 e. The van der Waals surface area contributed by atoms with E-state index in [1.54, 1.807) is 0 Å². The highest BCUT2D eigenvalue weighted by molar-refractivity contribution is 5.41. The zero-order valence-corrected chi connectivity index (χ0v) is 9.26. The Morgan fingerprint density at radius 2 is 2.25 bits per heavy atom. The Morgan fingerprint density at radius 1 is 1.31 bits per heavy atom. The highest BCUT2D eigenvalue weighted by Crippen LogP contribution is 2.33. The van der Waals surface area contributed by atoms with Crippen molar-refractivity contribution in [3.63, 3.8) is 0 Å². The van der Waals surface area contributed by atoms with Gasteiger partial charge in [0.25, 0.3) is 0 Å². The second-order valence-corrected chi connectivity index (χ2v) is 4.55. The van der Waals surface area contributed by atoms with Crippen LogP contribution in [0.15, 0.2) is 12.1 Å².